The highest BCUT2D eigenvalue weighted by Crippen LogP contribution is 2.30. The first kappa shape index (κ1) is 17.0. The summed E-state index contributed by atoms with van der Waals surface area (Å²) in [5, 5.41) is 5.99. The molecule has 1 aliphatic rings. The quantitative estimate of drug-likeness (QED) is 0.907. The van der Waals surface area contributed by atoms with Crippen molar-refractivity contribution in [3.05, 3.63) is 22.4 Å². The molecule has 1 saturated heterocycles. The van der Waals surface area contributed by atoms with Gasteiger partial charge in [0.05, 0.1) is 0 Å². The van der Waals surface area contributed by atoms with Crippen LogP contribution in [-0.4, -0.2) is 36.6 Å². The first-order valence-electron chi connectivity index (χ1n) is 8.18. The molecule has 0 amide bonds. The van der Waals surface area contributed by atoms with Crippen LogP contribution in [0.3, 0.4) is 0 Å². The Morgan fingerprint density at radius 3 is 2.43 bits per heavy atom. The van der Waals surface area contributed by atoms with E-state index >= 15 is 0 Å². The topological polar surface area (TPSA) is 15.3 Å². The second-order valence-corrected chi connectivity index (χ2v) is 9.57. The SMILES string of the molecule is CC(C)(C)C1CN(CCc2cccs2)C(C(C)(C)C)CN1. The van der Waals surface area contributed by atoms with E-state index in [1.165, 1.54) is 17.8 Å². The van der Waals surface area contributed by atoms with Crippen molar-refractivity contribution in [2.45, 2.75) is 60.0 Å². The van der Waals surface area contributed by atoms with Crippen molar-refractivity contribution in [1.82, 2.24) is 10.2 Å². The van der Waals surface area contributed by atoms with Crippen LogP contribution in [0.5, 0.6) is 0 Å². The van der Waals surface area contributed by atoms with Crippen molar-refractivity contribution in [2.24, 2.45) is 10.8 Å². The van der Waals surface area contributed by atoms with E-state index < -0.39 is 0 Å². The lowest BCUT2D eigenvalue weighted by molar-refractivity contribution is 0.0315. The predicted octanol–water partition coefficient (Wildman–Crippen LogP) is 4.03. The van der Waals surface area contributed by atoms with Crippen molar-refractivity contribution >= 4 is 11.3 Å². The second kappa shape index (κ2) is 6.39. The van der Waals surface area contributed by atoms with Gasteiger partial charge in [-0.1, -0.05) is 47.6 Å². The van der Waals surface area contributed by atoms with Gasteiger partial charge in [-0.15, -0.1) is 11.3 Å². The third-order valence-corrected chi connectivity index (χ3v) is 5.62. The van der Waals surface area contributed by atoms with Crippen LogP contribution >= 0.6 is 11.3 Å². The predicted molar refractivity (Wildman–Crippen MR) is 94.1 cm³/mol. The lowest BCUT2D eigenvalue weighted by Crippen LogP contribution is -2.63. The van der Waals surface area contributed by atoms with Gasteiger partial charge in [0.2, 0.25) is 0 Å². The Morgan fingerprint density at radius 2 is 1.90 bits per heavy atom. The summed E-state index contributed by atoms with van der Waals surface area (Å²) in [6, 6.07) is 5.63. The molecule has 2 nitrogen and oxygen atoms in total. The molecule has 0 bridgehead atoms. The molecule has 1 aliphatic heterocycles. The standard InChI is InChI=1S/C18H32N2S/c1-17(2,3)15-13-20(10-9-14-8-7-11-21-14)16(12-19-15)18(4,5)6/h7-8,11,15-16,19H,9-10,12-13H2,1-6H3. The molecule has 1 N–H and O–H groups in total. The van der Waals surface area contributed by atoms with Gasteiger partial charge in [-0.2, -0.15) is 0 Å². The van der Waals surface area contributed by atoms with Gasteiger partial charge in [0.15, 0.2) is 0 Å². The van der Waals surface area contributed by atoms with Gasteiger partial charge in [-0.3, -0.25) is 4.90 Å². The van der Waals surface area contributed by atoms with Gasteiger partial charge >= 0.3 is 0 Å². The summed E-state index contributed by atoms with van der Waals surface area (Å²) in [7, 11) is 0. The smallest absolute Gasteiger partial charge is 0.0269 e. The first-order valence-corrected chi connectivity index (χ1v) is 9.06. The lowest BCUT2D eigenvalue weighted by atomic mass is 9.79. The maximum atomic E-state index is 3.80. The van der Waals surface area contributed by atoms with Crippen LogP contribution < -0.4 is 5.32 Å². The fraction of sp³-hybridized carbons (Fsp3) is 0.778. The Bertz CT molecular complexity index is 425. The molecule has 0 saturated carbocycles. The molecule has 1 aromatic rings. The molecule has 0 radical (unpaired) electrons. The average Bonchev–Trinajstić information content (AvgIpc) is 2.86. The molecule has 2 atom stereocenters. The van der Waals surface area contributed by atoms with E-state index in [4.69, 9.17) is 0 Å². The Kier molecular flexibility index (Phi) is 5.17. The molecule has 1 fully saturated rings. The summed E-state index contributed by atoms with van der Waals surface area (Å²) in [4.78, 5) is 4.24. The zero-order chi connectivity index (χ0) is 15.7. The minimum absolute atomic E-state index is 0.323. The van der Waals surface area contributed by atoms with Gasteiger partial charge in [-0.05, 0) is 28.7 Å². The third-order valence-electron chi connectivity index (χ3n) is 4.69. The number of nitrogens with one attached hydrogen (secondary N) is 1. The summed E-state index contributed by atoms with van der Waals surface area (Å²) in [6.45, 7) is 17.6. The summed E-state index contributed by atoms with van der Waals surface area (Å²) >= 11 is 1.88. The Hall–Kier alpha value is -0.380. The van der Waals surface area contributed by atoms with Crippen molar-refractivity contribution in [3.63, 3.8) is 0 Å². The fourth-order valence-corrected chi connectivity index (χ4v) is 3.90. The van der Waals surface area contributed by atoms with E-state index in [0.29, 0.717) is 22.9 Å². The summed E-state index contributed by atoms with van der Waals surface area (Å²) in [5.41, 5.74) is 0.648. The van der Waals surface area contributed by atoms with Gasteiger partial charge < -0.3 is 5.32 Å². The van der Waals surface area contributed by atoms with Crippen molar-refractivity contribution in [2.75, 3.05) is 19.6 Å². The minimum Gasteiger partial charge on any atom is -0.311 e. The monoisotopic (exact) mass is 308 g/mol. The Morgan fingerprint density at radius 1 is 1.19 bits per heavy atom. The number of nitrogens with zero attached hydrogens (tertiary/aromatic N) is 1. The van der Waals surface area contributed by atoms with E-state index in [1.54, 1.807) is 0 Å². The van der Waals surface area contributed by atoms with E-state index in [9.17, 15) is 0 Å². The molecule has 2 heterocycles. The summed E-state index contributed by atoms with van der Waals surface area (Å²) in [6.07, 6.45) is 1.18. The largest absolute Gasteiger partial charge is 0.311 e. The van der Waals surface area contributed by atoms with Gasteiger partial charge in [-0.25, -0.2) is 0 Å². The van der Waals surface area contributed by atoms with Crippen molar-refractivity contribution < 1.29 is 0 Å². The molecule has 0 spiro atoms. The molecule has 120 valence electrons. The van der Waals surface area contributed by atoms with Crippen LogP contribution in [0.4, 0.5) is 0 Å². The molecule has 21 heavy (non-hydrogen) atoms. The molecule has 1 aromatic heterocycles. The highest BCUT2D eigenvalue weighted by atomic mass is 32.1. The fourth-order valence-electron chi connectivity index (χ4n) is 3.20. The number of hydrogen-bond acceptors (Lipinski definition) is 3. The number of rotatable bonds is 3. The molecule has 3 heteroatoms. The molecular weight excluding hydrogens is 276 g/mol. The van der Waals surface area contributed by atoms with Crippen LogP contribution in [0.1, 0.15) is 46.4 Å². The number of thiophene rings is 1. The summed E-state index contributed by atoms with van der Waals surface area (Å²) in [5.74, 6) is 0. The number of hydrogen-bond donors (Lipinski definition) is 1. The highest BCUT2D eigenvalue weighted by molar-refractivity contribution is 7.09. The van der Waals surface area contributed by atoms with Crippen LogP contribution in [0.2, 0.25) is 0 Å². The first-order chi connectivity index (χ1) is 9.68. The van der Waals surface area contributed by atoms with E-state index in [0.717, 1.165) is 13.1 Å². The van der Waals surface area contributed by atoms with Crippen molar-refractivity contribution in [1.29, 1.82) is 0 Å². The minimum atomic E-state index is 0.323. The van der Waals surface area contributed by atoms with Crippen LogP contribution in [0, 0.1) is 10.8 Å². The van der Waals surface area contributed by atoms with Gasteiger partial charge in [0.25, 0.3) is 0 Å². The van der Waals surface area contributed by atoms with Gasteiger partial charge in [0, 0.05) is 36.6 Å². The molecular formula is C18H32N2S. The van der Waals surface area contributed by atoms with Crippen LogP contribution in [-0.2, 0) is 6.42 Å². The molecule has 0 aromatic carbocycles. The maximum absolute atomic E-state index is 3.80. The zero-order valence-electron chi connectivity index (χ0n) is 14.6. The van der Waals surface area contributed by atoms with E-state index in [1.807, 2.05) is 11.3 Å². The van der Waals surface area contributed by atoms with Crippen LogP contribution in [0.25, 0.3) is 0 Å². The third kappa shape index (κ3) is 4.54. The van der Waals surface area contributed by atoms with E-state index in [2.05, 4.69) is 69.3 Å². The zero-order valence-corrected chi connectivity index (χ0v) is 15.4. The highest BCUT2D eigenvalue weighted by Gasteiger charge is 2.38. The van der Waals surface area contributed by atoms with E-state index in [-0.39, 0.29) is 0 Å². The Labute approximate surface area is 134 Å². The van der Waals surface area contributed by atoms with Crippen molar-refractivity contribution in [3.8, 4) is 0 Å². The second-order valence-electron chi connectivity index (χ2n) is 8.53. The summed E-state index contributed by atoms with van der Waals surface area (Å²) < 4.78 is 0. The average molecular weight is 309 g/mol. The molecule has 0 aliphatic carbocycles. The molecule has 2 unspecified atom stereocenters. The lowest BCUT2D eigenvalue weighted by Gasteiger charge is -2.49. The normalized spacial score (nSPS) is 25.2. The Balaban J connectivity index is 2.05. The van der Waals surface area contributed by atoms with Gasteiger partial charge in [0.1, 0.15) is 0 Å². The molecule has 2 rings (SSSR count). The maximum Gasteiger partial charge on any atom is 0.0269 e. The van der Waals surface area contributed by atoms with Crippen LogP contribution in [0.15, 0.2) is 17.5 Å². The number of piperazine rings is 1.